The lowest BCUT2D eigenvalue weighted by Crippen LogP contribution is -2.22. The number of carbonyl (C=O) groups excluding carboxylic acids is 2. The summed E-state index contributed by atoms with van der Waals surface area (Å²) in [5.41, 5.74) is 1.01. The summed E-state index contributed by atoms with van der Waals surface area (Å²) in [7, 11) is 0. The standard InChI is InChI=1S/C12H11N2O3S.H2O/c1-7-10(14-12(16)13-7)11(15)8-3-5-9(6-4-8)18(2)17;/h3-6H,1-2H3,(H,14,16);1H2. The van der Waals surface area contributed by atoms with E-state index in [1.54, 1.807) is 37.4 Å². The number of benzene rings is 1. The molecule has 0 aromatic heterocycles. The number of urea groups is 1. The summed E-state index contributed by atoms with van der Waals surface area (Å²) >= 11 is -1.08. The van der Waals surface area contributed by atoms with Crippen LogP contribution in [0, 0.1) is 0 Å². The van der Waals surface area contributed by atoms with Gasteiger partial charge in [0.2, 0.25) is 5.78 Å². The summed E-state index contributed by atoms with van der Waals surface area (Å²) in [6.07, 6.45) is 1.57. The molecule has 2 amide bonds. The van der Waals surface area contributed by atoms with E-state index in [0.29, 0.717) is 16.2 Å². The first-order chi connectivity index (χ1) is 8.49. The predicted molar refractivity (Wildman–Crippen MR) is 70.1 cm³/mol. The zero-order chi connectivity index (χ0) is 13.3. The van der Waals surface area contributed by atoms with Crippen LogP contribution in [0.5, 0.6) is 0 Å². The van der Waals surface area contributed by atoms with Gasteiger partial charge in [0.05, 0.1) is 5.70 Å². The van der Waals surface area contributed by atoms with E-state index in [1.165, 1.54) is 0 Å². The van der Waals surface area contributed by atoms with E-state index in [0.717, 1.165) is 0 Å². The highest BCUT2D eigenvalue weighted by Gasteiger charge is 2.25. The number of allylic oxidation sites excluding steroid dienone is 2. The Balaban J connectivity index is 0.00000180. The average Bonchev–Trinajstić information content (AvgIpc) is 2.67. The molecule has 0 saturated carbocycles. The normalized spacial score (nSPS) is 15.4. The smallest absolute Gasteiger partial charge is 0.345 e. The topological polar surface area (TPSA) is 115 Å². The van der Waals surface area contributed by atoms with Crippen molar-refractivity contribution in [1.29, 1.82) is 0 Å². The minimum Gasteiger partial charge on any atom is -0.612 e. The molecule has 1 radical (unpaired) electrons. The molecule has 7 heteroatoms. The molecule has 0 saturated heterocycles. The third kappa shape index (κ3) is 3.14. The van der Waals surface area contributed by atoms with Crippen LogP contribution >= 0.6 is 0 Å². The lowest BCUT2D eigenvalue weighted by atomic mass is 10.1. The molecule has 3 N–H and O–H groups in total. The van der Waals surface area contributed by atoms with Gasteiger partial charge in [0.15, 0.2) is 4.90 Å². The van der Waals surface area contributed by atoms with Crippen molar-refractivity contribution in [2.45, 2.75) is 11.8 Å². The van der Waals surface area contributed by atoms with Gasteiger partial charge >= 0.3 is 6.03 Å². The van der Waals surface area contributed by atoms with Crippen LogP contribution in [0.4, 0.5) is 4.79 Å². The van der Waals surface area contributed by atoms with Gasteiger partial charge in [-0.2, -0.15) is 5.32 Å². The van der Waals surface area contributed by atoms with Gasteiger partial charge in [-0.05, 0) is 42.4 Å². The van der Waals surface area contributed by atoms with Gasteiger partial charge in [0.25, 0.3) is 0 Å². The second-order valence-corrected chi connectivity index (χ2v) is 5.19. The van der Waals surface area contributed by atoms with Gasteiger partial charge in [-0.15, -0.1) is 0 Å². The molecule has 1 aliphatic heterocycles. The minimum atomic E-state index is -1.08. The fourth-order valence-corrected chi connectivity index (χ4v) is 2.12. The minimum absolute atomic E-state index is 0. The molecule has 101 valence electrons. The lowest BCUT2D eigenvalue weighted by molar-refractivity contribution is 0.102. The summed E-state index contributed by atoms with van der Waals surface area (Å²) in [5, 5.41) is 6.03. The van der Waals surface area contributed by atoms with Crippen LogP contribution in [0.25, 0.3) is 0 Å². The molecule has 19 heavy (non-hydrogen) atoms. The molecule has 2 rings (SSSR count). The second-order valence-electron chi connectivity index (χ2n) is 3.81. The van der Waals surface area contributed by atoms with E-state index in [1.807, 2.05) is 0 Å². The van der Waals surface area contributed by atoms with E-state index in [4.69, 9.17) is 0 Å². The molecule has 0 spiro atoms. The van der Waals surface area contributed by atoms with E-state index in [-0.39, 0.29) is 17.0 Å². The Morgan fingerprint density at radius 3 is 2.32 bits per heavy atom. The molecule has 1 atom stereocenters. The van der Waals surface area contributed by atoms with E-state index < -0.39 is 17.2 Å². The fourth-order valence-electron chi connectivity index (χ4n) is 1.60. The largest absolute Gasteiger partial charge is 0.612 e. The number of carbonyl (C=O) groups is 2. The number of rotatable bonds is 3. The molecule has 1 aliphatic rings. The number of hydrogen-bond donors (Lipinski definition) is 1. The van der Waals surface area contributed by atoms with Crippen molar-refractivity contribution in [1.82, 2.24) is 10.6 Å². The molecule has 0 bridgehead atoms. The maximum atomic E-state index is 12.1. The molecular weight excluding hydrogens is 268 g/mol. The molecule has 0 aliphatic carbocycles. The summed E-state index contributed by atoms with van der Waals surface area (Å²) in [4.78, 5) is 23.8. The van der Waals surface area contributed by atoms with Crippen LogP contribution in [0.1, 0.15) is 17.3 Å². The first-order valence-electron chi connectivity index (χ1n) is 5.21. The Kier molecular flexibility index (Phi) is 4.71. The predicted octanol–water partition coefficient (Wildman–Crippen LogP) is 0.341. The summed E-state index contributed by atoms with van der Waals surface area (Å²) in [6.45, 7) is 1.60. The number of Topliss-reactive ketones (excluding diaryl/α,β-unsaturated/α-hetero) is 1. The van der Waals surface area contributed by atoms with Crippen molar-refractivity contribution in [3.63, 3.8) is 0 Å². The highest BCUT2D eigenvalue weighted by Crippen LogP contribution is 2.16. The Hall–Kier alpha value is -1.83. The summed E-state index contributed by atoms with van der Waals surface area (Å²) < 4.78 is 11.2. The number of amides is 2. The second kappa shape index (κ2) is 5.87. The quantitative estimate of drug-likeness (QED) is 0.636. The van der Waals surface area contributed by atoms with Crippen LogP contribution < -0.4 is 10.6 Å². The third-order valence-electron chi connectivity index (χ3n) is 2.54. The molecular formula is C12H13N2O4S. The van der Waals surface area contributed by atoms with Crippen molar-refractivity contribution in [3.8, 4) is 0 Å². The Bertz CT molecular complexity index is 537. The number of ketones is 1. The lowest BCUT2D eigenvalue weighted by Gasteiger charge is -2.05. The van der Waals surface area contributed by atoms with Crippen LogP contribution in [0.15, 0.2) is 40.6 Å². The highest BCUT2D eigenvalue weighted by molar-refractivity contribution is 7.90. The SMILES string of the molecule is CC1=C(C(=O)c2ccc([S+](C)[O-])cc2)NC(=O)[N]1.O. The van der Waals surface area contributed by atoms with Crippen LogP contribution in [-0.2, 0) is 11.2 Å². The van der Waals surface area contributed by atoms with E-state index in [2.05, 4.69) is 10.6 Å². The van der Waals surface area contributed by atoms with Crippen LogP contribution in [0.2, 0.25) is 0 Å². The van der Waals surface area contributed by atoms with E-state index in [9.17, 15) is 14.1 Å². The third-order valence-corrected chi connectivity index (χ3v) is 3.47. The first-order valence-corrected chi connectivity index (χ1v) is 6.76. The average molecular weight is 281 g/mol. The van der Waals surface area contributed by atoms with Crippen molar-refractivity contribution in [3.05, 3.63) is 41.2 Å². The van der Waals surface area contributed by atoms with Gasteiger partial charge in [0, 0.05) is 5.56 Å². The Labute approximate surface area is 113 Å². The van der Waals surface area contributed by atoms with Gasteiger partial charge in [-0.1, -0.05) is 0 Å². The molecule has 0 fully saturated rings. The van der Waals surface area contributed by atoms with Gasteiger partial charge in [-0.3, -0.25) is 4.79 Å². The Morgan fingerprint density at radius 2 is 1.89 bits per heavy atom. The van der Waals surface area contributed by atoms with Crippen molar-refractivity contribution in [2.24, 2.45) is 0 Å². The van der Waals surface area contributed by atoms with E-state index >= 15 is 0 Å². The highest BCUT2D eigenvalue weighted by atomic mass is 32.2. The zero-order valence-electron chi connectivity index (χ0n) is 10.4. The van der Waals surface area contributed by atoms with Crippen molar-refractivity contribution < 1.29 is 19.6 Å². The molecule has 1 unspecified atom stereocenters. The van der Waals surface area contributed by atoms with Crippen LogP contribution in [0.3, 0.4) is 0 Å². The fraction of sp³-hybridized carbons (Fsp3) is 0.167. The number of nitrogens with zero attached hydrogens (tertiary/aromatic N) is 1. The van der Waals surface area contributed by atoms with Crippen molar-refractivity contribution in [2.75, 3.05) is 6.26 Å². The molecule has 6 nitrogen and oxygen atoms in total. The van der Waals surface area contributed by atoms with Gasteiger partial charge in [-0.25, -0.2) is 4.79 Å². The number of hydrogen-bond acceptors (Lipinski definition) is 3. The number of nitrogens with one attached hydrogen (secondary N) is 1. The Morgan fingerprint density at radius 1 is 1.32 bits per heavy atom. The summed E-state index contributed by atoms with van der Waals surface area (Å²) in [6, 6.07) is 5.91. The maximum Gasteiger partial charge on any atom is 0.345 e. The first kappa shape index (κ1) is 15.2. The summed E-state index contributed by atoms with van der Waals surface area (Å²) in [5.74, 6) is -0.296. The van der Waals surface area contributed by atoms with Crippen molar-refractivity contribution >= 4 is 23.0 Å². The molecule has 1 aromatic carbocycles. The van der Waals surface area contributed by atoms with Gasteiger partial charge < -0.3 is 15.3 Å². The molecule has 1 heterocycles. The van der Waals surface area contributed by atoms with Gasteiger partial charge in [0.1, 0.15) is 12.0 Å². The molecule has 1 aromatic rings. The maximum absolute atomic E-state index is 12.1. The monoisotopic (exact) mass is 281 g/mol. The van der Waals surface area contributed by atoms with Crippen LogP contribution in [-0.4, -0.2) is 28.1 Å². The zero-order valence-corrected chi connectivity index (χ0v) is 11.2.